The number of carboxylic acid groups (broad SMARTS) is 1. The van der Waals surface area contributed by atoms with Gasteiger partial charge in [-0.05, 0) is 72.5 Å². The number of nitrogens with one attached hydrogen (secondary N) is 2. The van der Waals surface area contributed by atoms with Crippen molar-refractivity contribution in [2.24, 2.45) is 16.5 Å². The molecule has 0 aliphatic heterocycles. The zero-order valence-corrected chi connectivity index (χ0v) is 21.6. The summed E-state index contributed by atoms with van der Waals surface area (Å²) in [6, 6.07) is 15.1. The monoisotopic (exact) mass is 593 g/mol. The number of halogens is 1. The standard InChI is InChI=1S/C25H32IN5O4/c26-19-12-10-17(11-13-19)16-21(29-14-5-9-22(32)18-6-2-1-3-7-18)23(33)31-20(24(34)35)8-4-15-30-25(27)28/h1-3,6-7,10-13,20-21,29H,4-5,8-9,14-16H2,(H,31,33)(H,34,35)(H4,27,28,30)/t20-,21-/m0/s1. The first-order valence-corrected chi connectivity index (χ1v) is 12.5. The third-order valence-corrected chi connectivity index (χ3v) is 6.02. The molecule has 0 aliphatic rings. The summed E-state index contributed by atoms with van der Waals surface area (Å²) >= 11 is 2.21. The number of aliphatic carboxylic acids is 1. The summed E-state index contributed by atoms with van der Waals surface area (Å²) in [5, 5.41) is 15.4. The van der Waals surface area contributed by atoms with Crippen LogP contribution in [0.15, 0.2) is 59.6 Å². The number of aliphatic imine (C=N–C) groups is 1. The molecule has 0 spiro atoms. The summed E-state index contributed by atoms with van der Waals surface area (Å²) in [6.07, 6.45) is 1.88. The van der Waals surface area contributed by atoms with Gasteiger partial charge in [0.25, 0.3) is 0 Å². The minimum atomic E-state index is -1.12. The molecule has 2 aromatic carbocycles. The molecular weight excluding hydrogens is 561 g/mol. The van der Waals surface area contributed by atoms with Gasteiger partial charge in [-0.15, -0.1) is 0 Å². The van der Waals surface area contributed by atoms with E-state index in [1.807, 2.05) is 42.5 Å². The number of hydrogen-bond acceptors (Lipinski definition) is 5. The molecule has 0 radical (unpaired) electrons. The fourth-order valence-electron chi connectivity index (χ4n) is 3.44. The minimum absolute atomic E-state index is 0.0396. The molecule has 0 aliphatic carbocycles. The summed E-state index contributed by atoms with van der Waals surface area (Å²) in [5.41, 5.74) is 12.2. The van der Waals surface area contributed by atoms with Crippen LogP contribution in [-0.2, 0) is 16.0 Å². The van der Waals surface area contributed by atoms with Gasteiger partial charge in [0, 0.05) is 22.1 Å². The third kappa shape index (κ3) is 10.9. The van der Waals surface area contributed by atoms with Crippen LogP contribution < -0.4 is 22.1 Å². The van der Waals surface area contributed by atoms with Crippen LogP contribution in [0.3, 0.4) is 0 Å². The van der Waals surface area contributed by atoms with E-state index in [0.717, 1.165) is 9.13 Å². The molecule has 188 valence electrons. The molecule has 0 bridgehead atoms. The number of amides is 1. The fraction of sp³-hybridized carbons (Fsp3) is 0.360. The number of Topliss-reactive ketones (excluding diaryl/α,β-unsaturated/α-hetero) is 1. The van der Waals surface area contributed by atoms with E-state index in [0.29, 0.717) is 37.8 Å². The Bertz CT molecular complexity index is 995. The lowest BCUT2D eigenvalue weighted by Gasteiger charge is -2.22. The molecule has 1 amide bonds. The van der Waals surface area contributed by atoms with Gasteiger partial charge >= 0.3 is 5.97 Å². The van der Waals surface area contributed by atoms with Crippen molar-refractivity contribution in [2.45, 2.75) is 44.2 Å². The Morgan fingerprint density at radius 2 is 1.66 bits per heavy atom. The summed E-state index contributed by atoms with van der Waals surface area (Å²) in [4.78, 5) is 40.9. The molecule has 0 unspecified atom stereocenters. The number of guanidine groups is 1. The first kappa shape index (κ1) is 28.2. The van der Waals surface area contributed by atoms with Crippen LogP contribution in [0.2, 0.25) is 0 Å². The zero-order chi connectivity index (χ0) is 25.6. The smallest absolute Gasteiger partial charge is 0.326 e. The fourth-order valence-corrected chi connectivity index (χ4v) is 3.80. The van der Waals surface area contributed by atoms with Crippen LogP contribution in [0.5, 0.6) is 0 Å². The van der Waals surface area contributed by atoms with Crippen molar-refractivity contribution in [1.82, 2.24) is 10.6 Å². The SMILES string of the molecule is NC(N)=NCCC[C@H](NC(=O)[C@H](Cc1ccc(I)cc1)NCCCC(=O)c1ccccc1)C(=O)O. The molecule has 9 nitrogen and oxygen atoms in total. The van der Waals surface area contributed by atoms with Crippen molar-refractivity contribution in [3.63, 3.8) is 0 Å². The van der Waals surface area contributed by atoms with Crippen molar-refractivity contribution < 1.29 is 19.5 Å². The maximum atomic E-state index is 13.0. The Morgan fingerprint density at radius 1 is 0.971 bits per heavy atom. The molecule has 2 rings (SSSR count). The highest BCUT2D eigenvalue weighted by Gasteiger charge is 2.25. The molecule has 0 fully saturated rings. The van der Waals surface area contributed by atoms with Gasteiger partial charge in [0.1, 0.15) is 6.04 Å². The van der Waals surface area contributed by atoms with Crippen molar-refractivity contribution >= 4 is 46.2 Å². The van der Waals surface area contributed by atoms with E-state index in [4.69, 9.17) is 11.5 Å². The molecular formula is C25H32IN5O4. The average Bonchev–Trinajstić information content (AvgIpc) is 2.84. The van der Waals surface area contributed by atoms with E-state index in [9.17, 15) is 19.5 Å². The summed E-state index contributed by atoms with van der Waals surface area (Å²) < 4.78 is 1.08. The normalized spacial score (nSPS) is 12.4. The molecule has 35 heavy (non-hydrogen) atoms. The number of nitrogens with two attached hydrogens (primary N) is 2. The second kappa shape index (κ2) is 15.1. The lowest BCUT2D eigenvalue weighted by molar-refractivity contribution is -0.142. The number of carboxylic acids is 1. The lowest BCUT2D eigenvalue weighted by atomic mass is 10.0. The summed E-state index contributed by atoms with van der Waals surface area (Å²) in [7, 11) is 0. The van der Waals surface area contributed by atoms with Gasteiger partial charge in [0.05, 0.1) is 6.04 Å². The number of nitrogens with zero attached hydrogens (tertiary/aromatic N) is 1. The minimum Gasteiger partial charge on any atom is -0.480 e. The van der Waals surface area contributed by atoms with Crippen molar-refractivity contribution in [3.05, 3.63) is 69.3 Å². The predicted octanol–water partition coefficient (Wildman–Crippen LogP) is 2.08. The highest BCUT2D eigenvalue weighted by molar-refractivity contribution is 14.1. The molecule has 2 atom stereocenters. The third-order valence-electron chi connectivity index (χ3n) is 5.30. The van der Waals surface area contributed by atoms with Crippen molar-refractivity contribution in [3.8, 4) is 0 Å². The molecule has 2 aromatic rings. The number of benzene rings is 2. The Morgan fingerprint density at radius 3 is 2.29 bits per heavy atom. The van der Waals surface area contributed by atoms with Gasteiger partial charge in [0.2, 0.25) is 5.91 Å². The molecule has 0 saturated heterocycles. The van der Waals surface area contributed by atoms with Gasteiger partial charge < -0.3 is 27.2 Å². The highest BCUT2D eigenvalue weighted by atomic mass is 127. The van der Waals surface area contributed by atoms with Crippen LogP contribution in [0, 0.1) is 3.57 Å². The van der Waals surface area contributed by atoms with Gasteiger partial charge in [-0.25, -0.2) is 4.79 Å². The van der Waals surface area contributed by atoms with E-state index < -0.39 is 24.0 Å². The number of hydrogen-bond donors (Lipinski definition) is 5. The maximum absolute atomic E-state index is 13.0. The number of ketones is 1. The van der Waals surface area contributed by atoms with Gasteiger partial charge in [-0.1, -0.05) is 42.5 Å². The van der Waals surface area contributed by atoms with Gasteiger partial charge in [0.15, 0.2) is 11.7 Å². The summed E-state index contributed by atoms with van der Waals surface area (Å²) in [5.74, 6) is -1.55. The van der Waals surface area contributed by atoms with Crippen LogP contribution in [0.25, 0.3) is 0 Å². The second-order valence-electron chi connectivity index (χ2n) is 8.08. The van der Waals surface area contributed by atoms with Crippen LogP contribution in [-0.4, -0.2) is 53.9 Å². The van der Waals surface area contributed by atoms with E-state index in [-0.39, 0.29) is 24.7 Å². The predicted molar refractivity (Wildman–Crippen MR) is 144 cm³/mol. The first-order valence-electron chi connectivity index (χ1n) is 11.4. The van der Waals surface area contributed by atoms with E-state index in [1.165, 1.54) is 0 Å². The Balaban J connectivity index is 1.98. The zero-order valence-electron chi connectivity index (χ0n) is 19.5. The van der Waals surface area contributed by atoms with Crippen LogP contribution in [0.4, 0.5) is 0 Å². The first-order chi connectivity index (χ1) is 16.8. The average molecular weight is 593 g/mol. The number of carbonyl (C=O) groups excluding carboxylic acids is 2. The topological polar surface area (TPSA) is 160 Å². The van der Waals surface area contributed by atoms with E-state index in [1.54, 1.807) is 12.1 Å². The van der Waals surface area contributed by atoms with E-state index in [2.05, 4.69) is 38.2 Å². The Kier molecular flexibility index (Phi) is 12.2. The summed E-state index contributed by atoms with van der Waals surface area (Å²) in [6.45, 7) is 0.713. The number of rotatable bonds is 15. The van der Waals surface area contributed by atoms with Crippen molar-refractivity contribution in [1.29, 1.82) is 0 Å². The molecule has 0 heterocycles. The van der Waals surface area contributed by atoms with Crippen molar-refractivity contribution in [2.75, 3.05) is 13.1 Å². The van der Waals surface area contributed by atoms with E-state index >= 15 is 0 Å². The quantitative estimate of drug-likeness (QED) is 0.0695. The Hall–Kier alpha value is -2.99. The molecule has 10 heteroatoms. The van der Waals surface area contributed by atoms with Gasteiger partial charge in [-0.3, -0.25) is 14.6 Å². The molecule has 0 aromatic heterocycles. The highest BCUT2D eigenvalue weighted by Crippen LogP contribution is 2.10. The molecule has 7 N–H and O–H groups in total. The van der Waals surface area contributed by atoms with Gasteiger partial charge in [-0.2, -0.15) is 0 Å². The molecule has 0 saturated carbocycles. The maximum Gasteiger partial charge on any atom is 0.326 e. The lowest BCUT2D eigenvalue weighted by Crippen LogP contribution is -2.51. The van der Waals surface area contributed by atoms with Crippen LogP contribution >= 0.6 is 22.6 Å². The Labute approximate surface area is 218 Å². The van der Waals surface area contributed by atoms with Crippen LogP contribution in [0.1, 0.15) is 41.6 Å². The largest absolute Gasteiger partial charge is 0.480 e. The number of carbonyl (C=O) groups is 3. The second-order valence-corrected chi connectivity index (χ2v) is 9.32.